The Bertz CT molecular complexity index is 526. The molecule has 2 aromatic rings. The summed E-state index contributed by atoms with van der Waals surface area (Å²) in [5.74, 6) is 0. The van der Waals surface area contributed by atoms with Crippen LogP contribution >= 0.6 is 0 Å². The van der Waals surface area contributed by atoms with E-state index in [4.69, 9.17) is 0 Å². The van der Waals surface area contributed by atoms with Crippen molar-refractivity contribution in [2.75, 3.05) is 0 Å². The fourth-order valence-corrected chi connectivity index (χ4v) is 1.68. The second-order valence-electron chi connectivity index (χ2n) is 3.94. The van der Waals surface area contributed by atoms with Crippen LogP contribution in [0.2, 0.25) is 0 Å². The third kappa shape index (κ3) is 2.89. The number of hydrogen-bond donors (Lipinski definition) is 1. The molecule has 0 fully saturated rings. The van der Waals surface area contributed by atoms with Crippen molar-refractivity contribution >= 4 is 5.69 Å². The number of nitro groups is 1. The number of hydrogen-bond acceptors (Lipinski definition) is 3. The zero-order valence-corrected chi connectivity index (χ0v) is 9.64. The van der Waals surface area contributed by atoms with Crippen molar-refractivity contribution in [1.82, 2.24) is 0 Å². The van der Waals surface area contributed by atoms with E-state index in [1.807, 2.05) is 35.2 Å². The Kier molecular flexibility index (Phi) is 3.64. The molecule has 1 atom stereocenters. The predicted molar refractivity (Wildman–Crippen MR) is 64.7 cm³/mol. The van der Waals surface area contributed by atoms with Crippen LogP contribution in [-0.2, 0) is 6.54 Å². The Morgan fingerprint density at radius 3 is 2.33 bits per heavy atom. The zero-order valence-electron chi connectivity index (χ0n) is 9.64. The first-order chi connectivity index (χ1) is 8.66. The molecule has 0 bridgehead atoms. The fraction of sp³-hybridized carbons (Fsp3) is 0.154. The minimum atomic E-state index is -0.682. The van der Waals surface area contributed by atoms with Gasteiger partial charge in [0.1, 0.15) is 6.10 Å². The molecular weight excluding hydrogens is 232 g/mol. The monoisotopic (exact) mass is 245 g/mol. The van der Waals surface area contributed by atoms with Crippen LogP contribution in [0.4, 0.5) is 5.69 Å². The summed E-state index contributed by atoms with van der Waals surface area (Å²) < 4.78 is 1.85. The van der Waals surface area contributed by atoms with Crippen molar-refractivity contribution in [3.8, 4) is 0 Å². The first-order valence-corrected chi connectivity index (χ1v) is 5.53. The van der Waals surface area contributed by atoms with E-state index in [9.17, 15) is 15.2 Å². The van der Waals surface area contributed by atoms with Gasteiger partial charge in [-0.05, 0) is 17.7 Å². The fourth-order valence-electron chi connectivity index (χ4n) is 1.68. The average Bonchev–Trinajstić information content (AvgIpc) is 2.40. The summed E-state index contributed by atoms with van der Waals surface area (Å²) in [5.41, 5.74) is 0.690. The lowest BCUT2D eigenvalue weighted by Gasteiger charge is -2.07. The third-order valence-electron chi connectivity index (χ3n) is 2.65. The number of nitrogens with zero attached hydrogens (tertiary/aromatic N) is 2. The van der Waals surface area contributed by atoms with E-state index in [0.29, 0.717) is 12.1 Å². The van der Waals surface area contributed by atoms with Crippen molar-refractivity contribution in [2.24, 2.45) is 0 Å². The maximum atomic E-state index is 10.5. The molecule has 1 aromatic carbocycles. The van der Waals surface area contributed by atoms with Crippen molar-refractivity contribution in [3.05, 3.63) is 70.5 Å². The number of pyridine rings is 1. The molecule has 1 N–H and O–H groups in total. The zero-order chi connectivity index (χ0) is 13.0. The van der Waals surface area contributed by atoms with E-state index in [1.165, 1.54) is 12.1 Å². The molecule has 0 aliphatic rings. The second kappa shape index (κ2) is 5.37. The largest absolute Gasteiger partial charge is 0.382 e. The molecule has 0 saturated carbocycles. The molecule has 0 unspecified atom stereocenters. The normalized spacial score (nSPS) is 12.1. The molecule has 5 heteroatoms. The Labute approximate surface area is 104 Å². The van der Waals surface area contributed by atoms with Crippen LogP contribution in [0.3, 0.4) is 0 Å². The number of non-ortho nitro benzene ring substituents is 1. The van der Waals surface area contributed by atoms with Crippen LogP contribution in [0.1, 0.15) is 11.7 Å². The molecule has 0 aliphatic heterocycles. The number of aliphatic hydroxyl groups excluding tert-OH is 1. The maximum absolute atomic E-state index is 10.5. The Morgan fingerprint density at radius 2 is 1.78 bits per heavy atom. The Balaban J connectivity index is 2.09. The van der Waals surface area contributed by atoms with Crippen molar-refractivity contribution in [1.29, 1.82) is 0 Å². The molecule has 0 aliphatic carbocycles. The Morgan fingerprint density at radius 1 is 1.17 bits per heavy atom. The molecule has 0 spiro atoms. The highest BCUT2D eigenvalue weighted by molar-refractivity contribution is 5.33. The molecule has 0 radical (unpaired) electrons. The van der Waals surface area contributed by atoms with Crippen LogP contribution in [-0.4, -0.2) is 10.0 Å². The molecule has 92 valence electrons. The molecule has 0 saturated heterocycles. The molecule has 0 amide bonds. The van der Waals surface area contributed by atoms with Gasteiger partial charge in [-0.15, -0.1) is 0 Å². The summed E-state index contributed by atoms with van der Waals surface area (Å²) >= 11 is 0. The van der Waals surface area contributed by atoms with E-state index in [-0.39, 0.29) is 5.69 Å². The number of rotatable bonds is 4. The lowest BCUT2D eigenvalue weighted by atomic mass is 10.1. The van der Waals surface area contributed by atoms with Gasteiger partial charge in [-0.25, -0.2) is 4.57 Å². The van der Waals surface area contributed by atoms with Crippen LogP contribution in [0.25, 0.3) is 0 Å². The van der Waals surface area contributed by atoms with Gasteiger partial charge in [0.05, 0.1) is 4.92 Å². The minimum absolute atomic E-state index is 0.0262. The highest BCUT2D eigenvalue weighted by atomic mass is 16.6. The van der Waals surface area contributed by atoms with Crippen LogP contribution in [0.15, 0.2) is 54.9 Å². The first kappa shape index (κ1) is 12.2. The van der Waals surface area contributed by atoms with Gasteiger partial charge >= 0.3 is 0 Å². The smallest absolute Gasteiger partial charge is 0.269 e. The molecule has 5 nitrogen and oxygen atoms in total. The number of nitro benzene ring substituents is 1. The third-order valence-corrected chi connectivity index (χ3v) is 2.65. The lowest BCUT2D eigenvalue weighted by Crippen LogP contribution is -2.35. The van der Waals surface area contributed by atoms with Gasteiger partial charge in [0.15, 0.2) is 18.9 Å². The van der Waals surface area contributed by atoms with E-state index in [0.717, 1.165) is 0 Å². The van der Waals surface area contributed by atoms with Crippen LogP contribution in [0.5, 0.6) is 0 Å². The molecule has 2 rings (SSSR count). The maximum Gasteiger partial charge on any atom is 0.269 e. The van der Waals surface area contributed by atoms with Gasteiger partial charge in [-0.1, -0.05) is 6.07 Å². The van der Waals surface area contributed by atoms with Gasteiger partial charge in [0.2, 0.25) is 0 Å². The number of aliphatic hydroxyl groups is 1. The van der Waals surface area contributed by atoms with Gasteiger partial charge in [0, 0.05) is 24.3 Å². The summed E-state index contributed by atoms with van der Waals surface area (Å²) in [6.07, 6.45) is 3.03. The summed E-state index contributed by atoms with van der Waals surface area (Å²) in [6, 6.07) is 11.6. The molecule has 1 heterocycles. The van der Waals surface area contributed by atoms with Crippen molar-refractivity contribution in [3.63, 3.8) is 0 Å². The summed E-state index contributed by atoms with van der Waals surface area (Å²) in [6.45, 7) is 0.415. The summed E-state index contributed by atoms with van der Waals surface area (Å²) in [5, 5.41) is 20.5. The Hall–Kier alpha value is -2.27. The standard InChI is InChI=1S/C13H13N2O3/c16-13(10-14-8-2-1-3-9-14)11-4-6-12(7-5-11)15(17)18/h1-9,13,16H,10H2/q+1/t13-/m1/s1. The van der Waals surface area contributed by atoms with Gasteiger partial charge < -0.3 is 5.11 Å². The van der Waals surface area contributed by atoms with Crippen LogP contribution in [0, 0.1) is 10.1 Å². The average molecular weight is 245 g/mol. The number of benzene rings is 1. The van der Waals surface area contributed by atoms with Crippen molar-refractivity contribution < 1.29 is 14.6 Å². The summed E-state index contributed by atoms with van der Waals surface area (Å²) in [4.78, 5) is 10.1. The topological polar surface area (TPSA) is 67.2 Å². The SMILES string of the molecule is O=[N+]([O-])c1ccc([C@H](O)C[n+]2ccccc2)cc1. The molecular formula is C13H13N2O3+. The van der Waals surface area contributed by atoms with Gasteiger partial charge in [-0.3, -0.25) is 10.1 Å². The lowest BCUT2D eigenvalue weighted by molar-refractivity contribution is -0.704. The first-order valence-electron chi connectivity index (χ1n) is 5.53. The van der Waals surface area contributed by atoms with E-state index in [2.05, 4.69) is 0 Å². The second-order valence-corrected chi connectivity index (χ2v) is 3.94. The molecule has 18 heavy (non-hydrogen) atoms. The highest BCUT2D eigenvalue weighted by Crippen LogP contribution is 2.17. The highest BCUT2D eigenvalue weighted by Gasteiger charge is 2.14. The van der Waals surface area contributed by atoms with E-state index >= 15 is 0 Å². The summed E-state index contributed by atoms with van der Waals surface area (Å²) in [7, 11) is 0. The van der Waals surface area contributed by atoms with Gasteiger partial charge in [0.25, 0.3) is 5.69 Å². The molecule has 1 aromatic heterocycles. The quantitative estimate of drug-likeness (QED) is 0.505. The predicted octanol–water partition coefficient (Wildman–Crippen LogP) is 1.62. The van der Waals surface area contributed by atoms with Gasteiger partial charge in [-0.2, -0.15) is 0 Å². The van der Waals surface area contributed by atoms with E-state index in [1.54, 1.807) is 12.1 Å². The van der Waals surface area contributed by atoms with Crippen LogP contribution < -0.4 is 4.57 Å². The van der Waals surface area contributed by atoms with E-state index < -0.39 is 11.0 Å². The minimum Gasteiger partial charge on any atom is -0.382 e. The van der Waals surface area contributed by atoms with Crippen molar-refractivity contribution in [2.45, 2.75) is 12.6 Å². The number of aromatic nitrogens is 1.